The molecule has 3 aromatic carbocycles. The van der Waals surface area contributed by atoms with Gasteiger partial charge in [0, 0.05) is 5.41 Å². The lowest BCUT2D eigenvalue weighted by Gasteiger charge is -2.26. The lowest BCUT2D eigenvalue weighted by molar-refractivity contribution is -0.136. The van der Waals surface area contributed by atoms with Crippen LogP contribution in [0, 0.1) is 0 Å². The molecule has 5 nitrogen and oxygen atoms in total. The van der Waals surface area contributed by atoms with Crippen LogP contribution in [-0.2, 0) is 14.9 Å². The maximum Gasteiger partial charge on any atom is 0.349 e. The average molecular weight is 404 g/mol. The smallest absolute Gasteiger partial charge is 0.349 e. The van der Waals surface area contributed by atoms with E-state index in [1.54, 1.807) is 0 Å². The minimum absolute atomic E-state index is 0.144. The van der Waals surface area contributed by atoms with Crippen LogP contribution in [0.5, 0.6) is 11.5 Å². The molecule has 0 amide bonds. The molecule has 0 aromatic heterocycles. The van der Waals surface area contributed by atoms with Crippen LogP contribution < -0.4 is 9.47 Å². The van der Waals surface area contributed by atoms with Crippen molar-refractivity contribution in [2.45, 2.75) is 19.3 Å². The van der Waals surface area contributed by atoms with Crippen LogP contribution in [0.2, 0.25) is 0 Å². The van der Waals surface area contributed by atoms with E-state index in [2.05, 4.69) is 30.7 Å². The minimum Gasteiger partial charge on any atom is -0.482 e. The van der Waals surface area contributed by atoms with Gasteiger partial charge in [-0.15, -0.1) is 0 Å². The molecule has 0 saturated heterocycles. The number of carbonyl (C=O) groups is 2. The minimum atomic E-state index is -0.533. The number of benzene rings is 3. The van der Waals surface area contributed by atoms with Crippen LogP contribution in [0.15, 0.2) is 78.9 Å². The zero-order valence-corrected chi connectivity index (χ0v) is 17.3. The molecule has 30 heavy (non-hydrogen) atoms. The summed E-state index contributed by atoms with van der Waals surface area (Å²) in [5, 5.41) is 0. The largest absolute Gasteiger partial charge is 0.482 e. The van der Waals surface area contributed by atoms with Gasteiger partial charge in [-0.1, -0.05) is 56.3 Å². The van der Waals surface area contributed by atoms with Crippen molar-refractivity contribution < 1.29 is 23.8 Å². The van der Waals surface area contributed by atoms with Gasteiger partial charge < -0.3 is 14.2 Å². The normalized spacial score (nSPS) is 10.9. The maximum atomic E-state index is 12.0. The summed E-state index contributed by atoms with van der Waals surface area (Å²) < 4.78 is 15.4. The SMILES string of the molecule is COC(=O)c1ccc(OC(=O)COc2ccc(C(C)(C)c3ccccc3)cc2)cc1. The predicted molar refractivity (Wildman–Crippen MR) is 114 cm³/mol. The van der Waals surface area contributed by atoms with Gasteiger partial charge in [-0.25, -0.2) is 9.59 Å². The molecular weight excluding hydrogens is 380 g/mol. The fourth-order valence-electron chi connectivity index (χ4n) is 3.07. The van der Waals surface area contributed by atoms with E-state index < -0.39 is 11.9 Å². The van der Waals surface area contributed by atoms with Crippen molar-refractivity contribution in [2.75, 3.05) is 13.7 Å². The molecule has 0 aliphatic heterocycles. The lowest BCUT2D eigenvalue weighted by atomic mass is 9.78. The van der Waals surface area contributed by atoms with E-state index in [9.17, 15) is 9.59 Å². The highest BCUT2D eigenvalue weighted by atomic mass is 16.6. The molecule has 0 saturated carbocycles. The molecule has 0 N–H and O–H groups in total. The summed E-state index contributed by atoms with van der Waals surface area (Å²) in [6.07, 6.45) is 0. The highest BCUT2D eigenvalue weighted by Crippen LogP contribution is 2.32. The first kappa shape index (κ1) is 21.1. The summed E-state index contributed by atoms with van der Waals surface area (Å²) >= 11 is 0. The third-order valence-electron chi connectivity index (χ3n) is 4.94. The van der Waals surface area contributed by atoms with Crippen LogP contribution >= 0.6 is 0 Å². The van der Waals surface area contributed by atoms with Crippen LogP contribution in [0.1, 0.15) is 35.3 Å². The number of ether oxygens (including phenoxy) is 3. The van der Waals surface area contributed by atoms with Gasteiger partial charge in [-0.3, -0.25) is 0 Å². The number of hydrogen-bond donors (Lipinski definition) is 0. The van der Waals surface area contributed by atoms with Gasteiger partial charge in [-0.2, -0.15) is 0 Å². The number of carbonyl (C=O) groups excluding carboxylic acids is 2. The molecule has 154 valence electrons. The van der Waals surface area contributed by atoms with E-state index in [0.717, 1.165) is 5.56 Å². The summed E-state index contributed by atoms with van der Waals surface area (Å²) in [5.74, 6) is -0.0681. The first-order chi connectivity index (χ1) is 14.4. The van der Waals surface area contributed by atoms with Crippen LogP contribution in [0.3, 0.4) is 0 Å². The molecule has 0 atom stereocenters. The zero-order valence-electron chi connectivity index (χ0n) is 17.3. The zero-order chi connectivity index (χ0) is 21.6. The molecule has 0 radical (unpaired) electrons. The molecule has 0 fully saturated rings. The Bertz CT molecular complexity index is 990. The van der Waals surface area contributed by atoms with Crippen molar-refractivity contribution in [3.63, 3.8) is 0 Å². The van der Waals surface area contributed by atoms with Crippen LogP contribution in [-0.4, -0.2) is 25.7 Å². The van der Waals surface area contributed by atoms with Gasteiger partial charge in [-0.05, 0) is 47.5 Å². The molecule has 0 bridgehead atoms. The van der Waals surface area contributed by atoms with Gasteiger partial charge in [0.1, 0.15) is 11.5 Å². The van der Waals surface area contributed by atoms with E-state index in [1.807, 2.05) is 42.5 Å². The molecule has 3 aromatic rings. The van der Waals surface area contributed by atoms with Gasteiger partial charge in [0.05, 0.1) is 12.7 Å². The second kappa shape index (κ2) is 9.27. The fraction of sp³-hybridized carbons (Fsp3) is 0.200. The maximum absolute atomic E-state index is 12.0. The van der Waals surface area contributed by atoms with Crippen molar-refractivity contribution in [1.29, 1.82) is 0 Å². The van der Waals surface area contributed by atoms with Gasteiger partial charge in [0.2, 0.25) is 0 Å². The second-order valence-corrected chi connectivity index (χ2v) is 7.29. The Kier molecular flexibility index (Phi) is 6.52. The lowest BCUT2D eigenvalue weighted by Crippen LogP contribution is -2.19. The van der Waals surface area contributed by atoms with E-state index in [1.165, 1.54) is 36.9 Å². The summed E-state index contributed by atoms with van der Waals surface area (Å²) in [5.41, 5.74) is 2.61. The quantitative estimate of drug-likeness (QED) is 0.419. The summed E-state index contributed by atoms with van der Waals surface area (Å²) in [4.78, 5) is 23.5. The number of esters is 2. The Morgan fingerprint density at radius 3 is 1.93 bits per heavy atom. The molecule has 0 aliphatic rings. The second-order valence-electron chi connectivity index (χ2n) is 7.29. The molecule has 3 rings (SSSR count). The summed E-state index contributed by atoms with van der Waals surface area (Å²) in [7, 11) is 1.31. The number of methoxy groups -OCH3 is 1. The number of hydrogen-bond acceptors (Lipinski definition) is 5. The van der Waals surface area contributed by atoms with Crippen molar-refractivity contribution in [1.82, 2.24) is 0 Å². The average Bonchev–Trinajstić information content (AvgIpc) is 2.78. The Balaban J connectivity index is 1.56. The highest BCUT2D eigenvalue weighted by Gasteiger charge is 2.22. The van der Waals surface area contributed by atoms with E-state index in [4.69, 9.17) is 9.47 Å². The Hall–Kier alpha value is -3.60. The molecule has 0 spiro atoms. The van der Waals surface area contributed by atoms with E-state index in [-0.39, 0.29) is 12.0 Å². The van der Waals surface area contributed by atoms with Crippen molar-refractivity contribution in [3.8, 4) is 11.5 Å². The summed E-state index contributed by atoms with van der Waals surface area (Å²) in [6.45, 7) is 4.11. The van der Waals surface area contributed by atoms with Gasteiger partial charge in [0.15, 0.2) is 6.61 Å². The molecule has 0 aliphatic carbocycles. The third kappa shape index (κ3) is 5.06. The molecule has 0 heterocycles. The number of rotatable bonds is 7. The fourth-order valence-corrected chi connectivity index (χ4v) is 3.07. The van der Waals surface area contributed by atoms with Crippen LogP contribution in [0.25, 0.3) is 0 Å². The Morgan fingerprint density at radius 2 is 1.33 bits per heavy atom. The van der Waals surface area contributed by atoms with E-state index >= 15 is 0 Å². The standard InChI is InChI=1S/C25H24O5/c1-25(2,19-7-5-4-6-8-19)20-11-15-21(16-12-20)29-17-23(26)30-22-13-9-18(10-14-22)24(27)28-3/h4-16H,17H2,1-3H3. The monoisotopic (exact) mass is 404 g/mol. The van der Waals surface area contributed by atoms with Crippen molar-refractivity contribution in [3.05, 3.63) is 95.6 Å². The molecular formula is C25H24O5. The first-order valence-corrected chi connectivity index (χ1v) is 9.58. The van der Waals surface area contributed by atoms with Gasteiger partial charge in [0.25, 0.3) is 0 Å². The third-order valence-corrected chi connectivity index (χ3v) is 4.94. The first-order valence-electron chi connectivity index (χ1n) is 9.58. The van der Waals surface area contributed by atoms with Crippen molar-refractivity contribution >= 4 is 11.9 Å². The van der Waals surface area contributed by atoms with Gasteiger partial charge >= 0.3 is 11.9 Å². The van der Waals surface area contributed by atoms with Crippen molar-refractivity contribution in [2.24, 2.45) is 0 Å². The Morgan fingerprint density at radius 1 is 0.767 bits per heavy atom. The van der Waals surface area contributed by atoms with Crippen LogP contribution in [0.4, 0.5) is 0 Å². The Labute approximate surface area is 176 Å². The topological polar surface area (TPSA) is 61.8 Å². The molecule has 0 unspecified atom stereocenters. The predicted octanol–water partition coefficient (Wildman–Crippen LogP) is 4.78. The summed E-state index contributed by atoms with van der Waals surface area (Å²) in [6, 6.07) is 24.1. The molecule has 5 heteroatoms. The van der Waals surface area contributed by atoms with E-state index in [0.29, 0.717) is 17.1 Å². The highest BCUT2D eigenvalue weighted by molar-refractivity contribution is 5.89.